The molecule has 1 aliphatic rings. The molecule has 34 heavy (non-hydrogen) atoms. The van der Waals surface area contributed by atoms with E-state index in [2.05, 4.69) is 21.2 Å². The first-order chi connectivity index (χ1) is 16.1. The number of carbonyl (C=O) groups is 4. The molecule has 2 aromatic rings. The number of ether oxygens (including phenoxy) is 1. The summed E-state index contributed by atoms with van der Waals surface area (Å²) >= 11 is 9.69. The SMILES string of the molecule is CCOC(=O)c1cc(NC(=O)CN2C(=O)S/C(=C\c3ccc(Br)c([N+](=O)[O-])c3)C2=O)ccc1Cl. The van der Waals surface area contributed by atoms with E-state index < -0.39 is 34.5 Å². The van der Waals surface area contributed by atoms with Crippen molar-refractivity contribution >= 4 is 79.8 Å². The summed E-state index contributed by atoms with van der Waals surface area (Å²) in [5.74, 6) is -2.05. The van der Waals surface area contributed by atoms with Crippen LogP contribution in [0.25, 0.3) is 6.08 Å². The number of nitrogens with one attached hydrogen (secondary N) is 1. The highest BCUT2D eigenvalue weighted by Crippen LogP contribution is 2.34. The average molecular weight is 569 g/mol. The molecule has 10 nitrogen and oxygen atoms in total. The highest BCUT2D eigenvalue weighted by Gasteiger charge is 2.36. The van der Waals surface area contributed by atoms with Gasteiger partial charge < -0.3 is 10.1 Å². The Morgan fingerprint density at radius 2 is 2.00 bits per heavy atom. The number of nitro groups is 1. The molecule has 0 radical (unpaired) electrons. The maximum atomic E-state index is 12.7. The molecule has 2 aromatic carbocycles. The summed E-state index contributed by atoms with van der Waals surface area (Å²) in [6.07, 6.45) is 1.34. The predicted octanol–water partition coefficient (Wildman–Crippen LogP) is 4.86. The molecule has 13 heteroatoms. The van der Waals surface area contributed by atoms with Crippen LogP contribution in [0.4, 0.5) is 16.2 Å². The summed E-state index contributed by atoms with van der Waals surface area (Å²) in [6.45, 7) is 1.21. The second kappa shape index (κ2) is 10.8. The van der Waals surface area contributed by atoms with Crippen LogP contribution in [0, 0.1) is 10.1 Å². The van der Waals surface area contributed by atoms with Crippen LogP contribution in [0.2, 0.25) is 5.02 Å². The topological polar surface area (TPSA) is 136 Å². The van der Waals surface area contributed by atoms with E-state index >= 15 is 0 Å². The van der Waals surface area contributed by atoms with Crippen molar-refractivity contribution in [2.24, 2.45) is 0 Å². The van der Waals surface area contributed by atoms with Crippen molar-refractivity contribution in [3.8, 4) is 0 Å². The zero-order valence-corrected chi connectivity index (χ0v) is 20.5. The second-order valence-corrected chi connectivity index (χ2v) is 8.95. The average Bonchev–Trinajstić information content (AvgIpc) is 3.03. The molecule has 1 fully saturated rings. The zero-order valence-electron chi connectivity index (χ0n) is 17.4. The molecule has 0 bridgehead atoms. The van der Waals surface area contributed by atoms with Crippen molar-refractivity contribution < 1.29 is 28.8 Å². The van der Waals surface area contributed by atoms with E-state index in [1.165, 1.54) is 36.4 Å². The Bertz CT molecular complexity index is 1250. The summed E-state index contributed by atoms with van der Waals surface area (Å²) in [6, 6.07) is 8.44. The summed E-state index contributed by atoms with van der Waals surface area (Å²) in [4.78, 5) is 60.7. The number of thioether (sulfide) groups is 1. The van der Waals surface area contributed by atoms with Gasteiger partial charge in [0.2, 0.25) is 5.91 Å². The number of nitrogens with zero attached hydrogens (tertiary/aromatic N) is 2. The normalized spacial score (nSPS) is 14.4. The van der Waals surface area contributed by atoms with E-state index in [-0.39, 0.29) is 37.9 Å². The van der Waals surface area contributed by atoms with Gasteiger partial charge in [-0.15, -0.1) is 0 Å². The standard InChI is InChI=1S/C21H15BrClN3O7S/c1-2-33-20(29)13-9-12(4-6-15(13)23)24-18(27)10-25-19(28)17(34-21(25)30)8-11-3-5-14(22)16(7-11)26(31)32/h3-9H,2,10H2,1H3,(H,24,27)/b17-8-. The van der Waals surface area contributed by atoms with Gasteiger partial charge in [-0.1, -0.05) is 17.7 Å². The van der Waals surface area contributed by atoms with Gasteiger partial charge in [0.25, 0.3) is 16.8 Å². The van der Waals surface area contributed by atoms with Gasteiger partial charge in [-0.2, -0.15) is 0 Å². The summed E-state index contributed by atoms with van der Waals surface area (Å²) in [5.41, 5.74) is 0.427. The van der Waals surface area contributed by atoms with Crippen LogP contribution in [0.5, 0.6) is 0 Å². The minimum Gasteiger partial charge on any atom is -0.462 e. The molecular formula is C21H15BrClN3O7S. The van der Waals surface area contributed by atoms with E-state index in [0.29, 0.717) is 17.3 Å². The fourth-order valence-electron chi connectivity index (χ4n) is 2.86. The predicted molar refractivity (Wildman–Crippen MR) is 130 cm³/mol. The number of amides is 3. The minimum absolute atomic E-state index is 0.0190. The molecule has 0 saturated carbocycles. The highest BCUT2D eigenvalue weighted by molar-refractivity contribution is 9.10. The van der Waals surface area contributed by atoms with E-state index in [9.17, 15) is 29.3 Å². The van der Waals surface area contributed by atoms with Crippen LogP contribution in [0.3, 0.4) is 0 Å². The fraction of sp³-hybridized carbons (Fsp3) is 0.143. The third-order valence-corrected chi connectivity index (χ3v) is 6.29. The van der Waals surface area contributed by atoms with Crippen LogP contribution in [0.1, 0.15) is 22.8 Å². The third-order valence-electron chi connectivity index (χ3n) is 4.39. The van der Waals surface area contributed by atoms with Gasteiger partial charge in [-0.05, 0) is 70.5 Å². The molecule has 3 amide bonds. The van der Waals surface area contributed by atoms with Gasteiger partial charge in [0, 0.05) is 11.8 Å². The Morgan fingerprint density at radius 1 is 1.26 bits per heavy atom. The van der Waals surface area contributed by atoms with E-state index in [4.69, 9.17) is 16.3 Å². The maximum absolute atomic E-state index is 12.7. The Balaban J connectivity index is 1.72. The molecule has 1 heterocycles. The molecule has 1 aliphatic heterocycles. The van der Waals surface area contributed by atoms with Crippen molar-refractivity contribution in [2.45, 2.75) is 6.92 Å². The van der Waals surface area contributed by atoms with Gasteiger partial charge in [0.15, 0.2) is 0 Å². The fourth-order valence-corrected chi connectivity index (χ4v) is 4.28. The van der Waals surface area contributed by atoms with E-state index in [1.807, 2.05) is 0 Å². The van der Waals surface area contributed by atoms with E-state index in [0.717, 1.165) is 4.90 Å². The number of imide groups is 1. The third kappa shape index (κ3) is 5.82. The number of anilines is 1. The molecular weight excluding hydrogens is 554 g/mol. The number of hydrogen-bond donors (Lipinski definition) is 1. The highest BCUT2D eigenvalue weighted by atomic mass is 79.9. The van der Waals surface area contributed by atoms with Gasteiger partial charge in [-0.3, -0.25) is 29.4 Å². The van der Waals surface area contributed by atoms with Crippen LogP contribution in [0.15, 0.2) is 45.8 Å². The Kier molecular flexibility index (Phi) is 8.07. The second-order valence-electron chi connectivity index (χ2n) is 6.70. The lowest BCUT2D eigenvalue weighted by Crippen LogP contribution is -2.36. The van der Waals surface area contributed by atoms with Gasteiger partial charge in [0.1, 0.15) is 6.54 Å². The lowest BCUT2D eigenvalue weighted by molar-refractivity contribution is -0.385. The number of carbonyl (C=O) groups excluding carboxylic acids is 4. The number of rotatable bonds is 7. The van der Waals surface area contributed by atoms with Crippen molar-refractivity contribution in [1.29, 1.82) is 0 Å². The number of esters is 1. The minimum atomic E-state index is -0.709. The molecule has 0 unspecified atom stereocenters. The smallest absolute Gasteiger partial charge is 0.339 e. The number of nitro benzene ring substituents is 1. The molecule has 1 N–H and O–H groups in total. The molecule has 0 aromatic heterocycles. The Hall–Kier alpha value is -3.22. The first-order valence-electron chi connectivity index (χ1n) is 9.56. The summed E-state index contributed by atoms with van der Waals surface area (Å²) in [5, 5.41) is 13.1. The monoisotopic (exact) mass is 567 g/mol. The van der Waals surface area contributed by atoms with Crippen LogP contribution < -0.4 is 5.32 Å². The summed E-state index contributed by atoms with van der Waals surface area (Å²) < 4.78 is 5.18. The van der Waals surface area contributed by atoms with Gasteiger partial charge >= 0.3 is 5.97 Å². The van der Waals surface area contributed by atoms with Crippen LogP contribution in [-0.4, -0.2) is 46.0 Å². The van der Waals surface area contributed by atoms with Crippen molar-refractivity contribution in [2.75, 3.05) is 18.5 Å². The Morgan fingerprint density at radius 3 is 2.68 bits per heavy atom. The molecule has 0 spiro atoms. The maximum Gasteiger partial charge on any atom is 0.339 e. The van der Waals surface area contributed by atoms with E-state index in [1.54, 1.807) is 13.0 Å². The number of hydrogen-bond acceptors (Lipinski definition) is 8. The van der Waals surface area contributed by atoms with Crippen LogP contribution in [-0.2, 0) is 14.3 Å². The van der Waals surface area contributed by atoms with Crippen LogP contribution >= 0.6 is 39.3 Å². The van der Waals surface area contributed by atoms with Crippen molar-refractivity contribution in [3.05, 3.63) is 72.0 Å². The quantitative estimate of drug-likeness (QED) is 0.216. The Labute approximate surface area is 210 Å². The number of benzene rings is 2. The first kappa shape index (κ1) is 25.4. The lowest BCUT2D eigenvalue weighted by atomic mass is 10.2. The molecule has 1 saturated heterocycles. The largest absolute Gasteiger partial charge is 0.462 e. The zero-order chi connectivity index (χ0) is 25.0. The first-order valence-corrected chi connectivity index (χ1v) is 11.5. The molecule has 0 aliphatic carbocycles. The molecule has 176 valence electrons. The summed E-state index contributed by atoms with van der Waals surface area (Å²) in [7, 11) is 0. The lowest BCUT2D eigenvalue weighted by Gasteiger charge is -2.13. The molecule has 3 rings (SSSR count). The van der Waals surface area contributed by atoms with Gasteiger partial charge in [0.05, 0.1) is 31.5 Å². The number of halogens is 2. The van der Waals surface area contributed by atoms with Crippen molar-refractivity contribution in [3.63, 3.8) is 0 Å². The van der Waals surface area contributed by atoms with Gasteiger partial charge in [-0.25, -0.2) is 4.79 Å². The molecule has 0 atom stereocenters. The van der Waals surface area contributed by atoms with Crippen molar-refractivity contribution in [1.82, 2.24) is 4.90 Å².